The number of aromatic nitrogens is 1. The molecule has 0 aliphatic carbocycles. The van der Waals surface area contributed by atoms with Crippen LogP contribution in [0.2, 0.25) is 0 Å². The van der Waals surface area contributed by atoms with Gasteiger partial charge in [-0.25, -0.2) is 13.6 Å². The average Bonchev–Trinajstić information content (AvgIpc) is 2.26. The minimum Gasteiger partial charge on any atom is -0.462 e. The smallest absolute Gasteiger partial charge is 0.434 e. The van der Waals surface area contributed by atoms with Crippen LogP contribution in [0.4, 0.5) is 22.0 Å². The van der Waals surface area contributed by atoms with Gasteiger partial charge in [-0.3, -0.25) is 4.98 Å². The maximum absolute atomic E-state index is 12.7. The van der Waals surface area contributed by atoms with E-state index in [9.17, 15) is 26.7 Å². The Labute approximate surface area is 112 Å². The van der Waals surface area contributed by atoms with Crippen molar-refractivity contribution in [2.45, 2.75) is 19.5 Å². The molecule has 3 nitrogen and oxygen atoms in total. The molecule has 9 heteroatoms. The molecule has 0 aliphatic heterocycles. The van der Waals surface area contributed by atoms with E-state index >= 15 is 0 Å². The number of hydrogen-bond donors (Lipinski definition) is 0. The van der Waals surface area contributed by atoms with E-state index < -0.39 is 39.9 Å². The minimum absolute atomic E-state index is 0.193. The first kappa shape index (κ1) is 15.8. The molecule has 106 valence electrons. The van der Waals surface area contributed by atoms with E-state index in [4.69, 9.17) is 0 Å². The van der Waals surface area contributed by atoms with Gasteiger partial charge < -0.3 is 4.74 Å². The minimum atomic E-state index is -4.95. The lowest BCUT2D eigenvalue weighted by atomic mass is 10.1. The quantitative estimate of drug-likeness (QED) is 0.613. The maximum atomic E-state index is 12.7. The predicted molar refractivity (Wildman–Crippen MR) is 57.9 cm³/mol. The molecule has 19 heavy (non-hydrogen) atoms. The van der Waals surface area contributed by atoms with Crippen LogP contribution in [0, 0.1) is 0 Å². The maximum Gasteiger partial charge on any atom is 0.434 e. The van der Waals surface area contributed by atoms with Gasteiger partial charge in [-0.15, -0.1) is 0 Å². The molecule has 0 amide bonds. The van der Waals surface area contributed by atoms with Gasteiger partial charge in [0, 0.05) is 10.7 Å². The van der Waals surface area contributed by atoms with Crippen LogP contribution in [0.25, 0.3) is 0 Å². The second-order valence-electron chi connectivity index (χ2n) is 3.27. The third-order valence-corrected chi connectivity index (χ3v) is 2.88. The summed E-state index contributed by atoms with van der Waals surface area (Å²) in [5, 5.41) is 0. The number of carbonyl (C=O) groups is 1. The fourth-order valence-corrected chi connectivity index (χ4v) is 1.89. The van der Waals surface area contributed by atoms with Crippen molar-refractivity contribution in [1.82, 2.24) is 4.98 Å². The van der Waals surface area contributed by atoms with Gasteiger partial charge in [0.1, 0.15) is 5.56 Å². The summed E-state index contributed by atoms with van der Waals surface area (Å²) in [6.45, 7) is 1.19. The monoisotopic (exact) mass is 347 g/mol. The van der Waals surface area contributed by atoms with E-state index in [0.717, 1.165) is 0 Å². The molecular formula is C10H7BrF5NO2. The van der Waals surface area contributed by atoms with Gasteiger partial charge in [0.2, 0.25) is 0 Å². The molecular weight excluding hydrogens is 341 g/mol. The number of carbonyl (C=O) groups excluding carboxylic acids is 1. The normalized spacial score (nSPS) is 11.8. The zero-order valence-corrected chi connectivity index (χ0v) is 11.0. The van der Waals surface area contributed by atoms with Gasteiger partial charge in [0.05, 0.1) is 12.2 Å². The van der Waals surface area contributed by atoms with Gasteiger partial charge in [-0.05, 0) is 22.9 Å². The highest BCUT2D eigenvalue weighted by atomic mass is 79.9. The highest BCUT2D eigenvalue weighted by Gasteiger charge is 2.40. The standard InChI is InChI=1S/C10H7BrF5NO2/c1-2-19-9(18)5-6(11)4(8(12)13)3-17-7(5)10(14,15)16/h3,8H,2H2,1H3. The van der Waals surface area contributed by atoms with Gasteiger partial charge >= 0.3 is 12.1 Å². The Balaban J connectivity index is 3.51. The highest BCUT2D eigenvalue weighted by molar-refractivity contribution is 9.10. The molecule has 0 N–H and O–H groups in total. The molecule has 0 saturated heterocycles. The van der Waals surface area contributed by atoms with Crippen LogP contribution in [-0.4, -0.2) is 17.6 Å². The van der Waals surface area contributed by atoms with Crippen LogP contribution in [0.3, 0.4) is 0 Å². The largest absolute Gasteiger partial charge is 0.462 e. The second-order valence-corrected chi connectivity index (χ2v) is 4.06. The molecule has 1 aromatic heterocycles. The molecule has 0 atom stereocenters. The molecule has 0 aromatic carbocycles. The van der Waals surface area contributed by atoms with E-state index in [2.05, 4.69) is 25.7 Å². The number of ether oxygens (including phenoxy) is 1. The summed E-state index contributed by atoms with van der Waals surface area (Å²) in [6.07, 6.45) is -7.65. The Morgan fingerprint density at radius 1 is 1.47 bits per heavy atom. The number of pyridine rings is 1. The number of alkyl halides is 5. The van der Waals surface area contributed by atoms with E-state index in [1.165, 1.54) is 6.92 Å². The lowest BCUT2D eigenvalue weighted by Gasteiger charge is -2.14. The van der Waals surface area contributed by atoms with Crippen molar-refractivity contribution in [3.8, 4) is 0 Å². The van der Waals surface area contributed by atoms with E-state index in [-0.39, 0.29) is 6.61 Å². The SMILES string of the molecule is CCOC(=O)c1c(C(F)(F)F)ncc(C(F)F)c1Br. The Hall–Kier alpha value is -1.25. The van der Waals surface area contributed by atoms with Gasteiger partial charge in [0.25, 0.3) is 6.43 Å². The van der Waals surface area contributed by atoms with Crippen LogP contribution in [-0.2, 0) is 10.9 Å². The van der Waals surface area contributed by atoms with E-state index in [1.807, 2.05) is 0 Å². The molecule has 1 rings (SSSR count). The first-order valence-electron chi connectivity index (χ1n) is 4.91. The Bertz CT molecular complexity index is 490. The Kier molecular flexibility index (Phi) is 4.83. The number of nitrogens with zero attached hydrogens (tertiary/aromatic N) is 1. The number of rotatable bonds is 3. The van der Waals surface area contributed by atoms with Crippen LogP contribution >= 0.6 is 15.9 Å². The van der Waals surface area contributed by atoms with Crippen molar-refractivity contribution in [1.29, 1.82) is 0 Å². The van der Waals surface area contributed by atoms with Crippen molar-refractivity contribution in [3.63, 3.8) is 0 Å². The molecule has 0 radical (unpaired) electrons. The summed E-state index contributed by atoms with van der Waals surface area (Å²) < 4.78 is 67.0. The second kappa shape index (κ2) is 5.81. The van der Waals surface area contributed by atoms with Gasteiger partial charge in [0.15, 0.2) is 5.69 Å². The third-order valence-electron chi connectivity index (χ3n) is 2.03. The Morgan fingerprint density at radius 3 is 2.47 bits per heavy atom. The summed E-state index contributed by atoms with van der Waals surface area (Å²) in [5.74, 6) is -1.36. The average molecular weight is 348 g/mol. The Morgan fingerprint density at radius 2 is 2.05 bits per heavy atom. The fraction of sp³-hybridized carbons (Fsp3) is 0.400. The number of hydrogen-bond acceptors (Lipinski definition) is 3. The molecule has 0 bridgehead atoms. The van der Waals surface area contributed by atoms with Crippen LogP contribution in [0.15, 0.2) is 10.7 Å². The van der Waals surface area contributed by atoms with E-state index in [1.54, 1.807) is 0 Å². The summed E-state index contributed by atoms with van der Waals surface area (Å²) in [4.78, 5) is 14.4. The lowest BCUT2D eigenvalue weighted by Crippen LogP contribution is -2.19. The number of halogens is 6. The van der Waals surface area contributed by atoms with Crippen LogP contribution < -0.4 is 0 Å². The third kappa shape index (κ3) is 3.40. The summed E-state index contributed by atoms with van der Waals surface area (Å²) in [5.41, 5.74) is -3.43. The van der Waals surface area contributed by atoms with Gasteiger partial charge in [-0.1, -0.05) is 0 Å². The van der Waals surface area contributed by atoms with Crippen LogP contribution in [0.5, 0.6) is 0 Å². The molecule has 1 aromatic rings. The molecule has 0 aliphatic rings. The van der Waals surface area contributed by atoms with Crippen molar-refractivity contribution in [3.05, 3.63) is 27.5 Å². The van der Waals surface area contributed by atoms with Crippen molar-refractivity contribution in [2.24, 2.45) is 0 Å². The molecule has 1 heterocycles. The van der Waals surface area contributed by atoms with Crippen molar-refractivity contribution >= 4 is 21.9 Å². The molecule has 0 saturated carbocycles. The van der Waals surface area contributed by atoms with E-state index in [0.29, 0.717) is 6.20 Å². The first-order valence-corrected chi connectivity index (χ1v) is 5.70. The van der Waals surface area contributed by atoms with Crippen molar-refractivity contribution in [2.75, 3.05) is 6.61 Å². The highest BCUT2D eigenvalue weighted by Crippen LogP contribution is 2.37. The van der Waals surface area contributed by atoms with Crippen LogP contribution in [0.1, 0.15) is 35.0 Å². The summed E-state index contributed by atoms with van der Waals surface area (Å²) in [6, 6.07) is 0. The van der Waals surface area contributed by atoms with Gasteiger partial charge in [-0.2, -0.15) is 13.2 Å². The summed E-state index contributed by atoms with van der Waals surface area (Å²) >= 11 is 2.57. The zero-order valence-electron chi connectivity index (χ0n) is 9.39. The zero-order chi connectivity index (χ0) is 14.8. The fourth-order valence-electron chi connectivity index (χ4n) is 1.26. The molecule has 0 unspecified atom stereocenters. The molecule has 0 fully saturated rings. The topological polar surface area (TPSA) is 39.2 Å². The van der Waals surface area contributed by atoms with Crippen molar-refractivity contribution < 1.29 is 31.5 Å². The first-order chi connectivity index (χ1) is 8.70. The number of esters is 1. The molecule has 0 spiro atoms. The summed E-state index contributed by atoms with van der Waals surface area (Å²) in [7, 11) is 0. The lowest BCUT2D eigenvalue weighted by molar-refractivity contribution is -0.141. The predicted octanol–water partition coefficient (Wildman–Crippen LogP) is 3.98.